The normalized spacial score (nSPS) is 24.0. The maximum absolute atomic E-state index is 12.6. The van der Waals surface area contributed by atoms with Gasteiger partial charge in [0.25, 0.3) is 11.6 Å². The van der Waals surface area contributed by atoms with E-state index in [1.165, 1.54) is 34.9 Å². The van der Waals surface area contributed by atoms with Crippen molar-refractivity contribution in [1.29, 1.82) is 0 Å². The minimum Gasteiger partial charge on any atom is -0.483 e. The molecule has 1 fully saturated rings. The van der Waals surface area contributed by atoms with Crippen molar-refractivity contribution >= 4 is 29.3 Å². The van der Waals surface area contributed by atoms with E-state index < -0.39 is 27.1 Å². The molecule has 1 amide bonds. The zero-order valence-electron chi connectivity index (χ0n) is 14.1. The Kier molecular flexibility index (Phi) is 4.36. The van der Waals surface area contributed by atoms with Crippen molar-refractivity contribution < 1.29 is 24.0 Å². The van der Waals surface area contributed by atoms with Gasteiger partial charge in [-0.2, -0.15) is 0 Å². The number of nitro benzene ring substituents is 1. The predicted octanol–water partition coefficient (Wildman–Crippen LogP) is 2.27. The smallest absolute Gasteiger partial charge is 0.330 e. The number of carbonyl (C=O) groups excluding carboxylic acids is 2. The highest BCUT2D eigenvalue weighted by Crippen LogP contribution is 2.55. The van der Waals surface area contributed by atoms with Gasteiger partial charge in [-0.3, -0.25) is 14.9 Å². The first kappa shape index (κ1) is 17.5. The van der Waals surface area contributed by atoms with Crippen molar-refractivity contribution in [2.24, 2.45) is 0 Å². The topological polar surface area (TPSA) is 99.0 Å². The molecule has 2 aliphatic rings. The van der Waals surface area contributed by atoms with Gasteiger partial charge in [0.05, 0.1) is 11.5 Å². The average molecular weight is 366 g/mol. The minimum atomic E-state index is -0.788. The number of thioether (sulfide) groups is 1. The molecule has 0 aliphatic carbocycles. The number of hydrogen-bond acceptors (Lipinski definition) is 7. The highest BCUT2D eigenvalue weighted by Gasteiger charge is 2.55. The molecule has 134 valence electrons. The van der Waals surface area contributed by atoms with Crippen molar-refractivity contribution in [3.05, 3.63) is 33.9 Å². The zero-order chi connectivity index (χ0) is 18.4. The van der Waals surface area contributed by atoms with E-state index in [4.69, 9.17) is 9.47 Å². The Bertz CT molecular complexity index is 750. The van der Waals surface area contributed by atoms with Gasteiger partial charge in [-0.1, -0.05) is 0 Å². The number of non-ortho nitro benzene ring substituents is 1. The maximum Gasteiger partial charge on any atom is 0.330 e. The van der Waals surface area contributed by atoms with Crippen LogP contribution >= 0.6 is 11.8 Å². The summed E-state index contributed by atoms with van der Waals surface area (Å²) in [6.45, 7) is 5.41. The Morgan fingerprint density at radius 3 is 2.88 bits per heavy atom. The van der Waals surface area contributed by atoms with Gasteiger partial charge in [0.2, 0.25) is 0 Å². The van der Waals surface area contributed by atoms with Crippen LogP contribution < -0.4 is 4.74 Å². The lowest BCUT2D eigenvalue weighted by Crippen LogP contribution is -2.50. The van der Waals surface area contributed by atoms with Crippen LogP contribution in [-0.2, 0) is 14.3 Å². The Morgan fingerprint density at radius 1 is 1.52 bits per heavy atom. The number of esters is 1. The number of amides is 1. The summed E-state index contributed by atoms with van der Waals surface area (Å²) in [5.74, 6) is -0.413. The van der Waals surface area contributed by atoms with E-state index in [1.54, 1.807) is 6.92 Å². The van der Waals surface area contributed by atoms with Crippen molar-refractivity contribution in [1.82, 2.24) is 4.90 Å². The summed E-state index contributed by atoms with van der Waals surface area (Å²) in [6.07, 6.45) is 0. The minimum absolute atomic E-state index is 0.0883. The third-order valence-electron chi connectivity index (χ3n) is 4.22. The van der Waals surface area contributed by atoms with Gasteiger partial charge in [-0.25, -0.2) is 4.79 Å². The monoisotopic (exact) mass is 366 g/mol. The van der Waals surface area contributed by atoms with E-state index in [1.807, 2.05) is 13.8 Å². The molecule has 25 heavy (non-hydrogen) atoms. The lowest BCUT2D eigenvalue weighted by Gasteiger charge is -2.29. The van der Waals surface area contributed by atoms with Crippen LogP contribution in [0.3, 0.4) is 0 Å². The first-order valence-corrected chi connectivity index (χ1v) is 8.71. The molecule has 9 heteroatoms. The van der Waals surface area contributed by atoms with Crippen molar-refractivity contribution in [3.8, 4) is 5.75 Å². The molecule has 8 nitrogen and oxygen atoms in total. The molecule has 3 rings (SSSR count). The third kappa shape index (κ3) is 2.92. The molecule has 0 unspecified atom stereocenters. The van der Waals surface area contributed by atoms with E-state index in [-0.39, 0.29) is 24.8 Å². The molecule has 2 atom stereocenters. The van der Waals surface area contributed by atoms with Gasteiger partial charge in [0.15, 0.2) is 6.61 Å². The number of ether oxygens (including phenoxy) is 2. The first-order valence-electron chi connectivity index (χ1n) is 7.83. The van der Waals surface area contributed by atoms with E-state index in [9.17, 15) is 19.7 Å². The number of benzene rings is 1. The number of nitro groups is 1. The van der Waals surface area contributed by atoms with Crippen molar-refractivity contribution in [3.63, 3.8) is 0 Å². The second kappa shape index (κ2) is 6.21. The van der Waals surface area contributed by atoms with Crippen LogP contribution in [0.2, 0.25) is 0 Å². The zero-order valence-corrected chi connectivity index (χ0v) is 14.9. The molecule has 0 radical (unpaired) electrons. The van der Waals surface area contributed by atoms with E-state index in [0.717, 1.165) is 0 Å². The molecule has 0 bridgehead atoms. The summed E-state index contributed by atoms with van der Waals surface area (Å²) in [5.41, 5.74) is 0.430. The highest BCUT2D eigenvalue weighted by molar-refractivity contribution is 8.01. The number of carbonyl (C=O) groups is 2. The molecule has 0 N–H and O–H groups in total. The quantitative estimate of drug-likeness (QED) is 0.460. The van der Waals surface area contributed by atoms with Gasteiger partial charge >= 0.3 is 5.97 Å². The summed E-state index contributed by atoms with van der Waals surface area (Å²) in [4.78, 5) is 37.2. The second-order valence-corrected chi connectivity index (χ2v) is 8.03. The fourth-order valence-electron chi connectivity index (χ4n) is 3.17. The fourth-order valence-corrected chi connectivity index (χ4v) is 4.75. The lowest BCUT2D eigenvalue weighted by atomic mass is 10.0. The van der Waals surface area contributed by atoms with Crippen LogP contribution in [0, 0.1) is 10.1 Å². The molecule has 1 aromatic carbocycles. The number of hydrogen-bond donors (Lipinski definition) is 0. The SMILES string of the molecule is CCOC(=O)[C@@H]1N2C(=O)COc3ccc([N+](=O)[O-])cc3[C@H]2SC1(C)C. The van der Waals surface area contributed by atoms with Gasteiger partial charge < -0.3 is 14.4 Å². The molecule has 2 heterocycles. The molecule has 0 aromatic heterocycles. The number of fused-ring (bicyclic) bond motifs is 3. The largest absolute Gasteiger partial charge is 0.483 e. The summed E-state index contributed by atoms with van der Waals surface area (Å²) in [7, 11) is 0. The second-order valence-electron chi connectivity index (χ2n) is 6.30. The Hall–Kier alpha value is -2.29. The van der Waals surface area contributed by atoms with Gasteiger partial charge in [0, 0.05) is 22.4 Å². The Labute approximate surface area is 148 Å². The summed E-state index contributed by atoms with van der Waals surface area (Å²) in [6, 6.07) is 3.45. The molecule has 0 spiro atoms. The van der Waals surface area contributed by atoms with Gasteiger partial charge in [-0.15, -0.1) is 11.8 Å². The van der Waals surface area contributed by atoms with E-state index in [0.29, 0.717) is 11.3 Å². The summed E-state index contributed by atoms with van der Waals surface area (Å²) >= 11 is 1.40. The molecule has 2 aliphatic heterocycles. The summed E-state index contributed by atoms with van der Waals surface area (Å²) < 4.78 is 10.1. The maximum atomic E-state index is 12.6. The van der Waals surface area contributed by atoms with Crippen LogP contribution in [0.25, 0.3) is 0 Å². The number of nitrogens with zero attached hydrogens (tertiary/aromatic N) is 2. The molecule has 1 aromatic rings. The first-order chi connectivity index (χ1) is 11.8. The Morgan fingerprint density at radius 2 is 2.24 bits per heavy atom. The van der Waals surface area contributed by atoms with Gasteiger partial charge in [-0.05, 0) is 26.8 Å². The third-order valence-corrected chi connectivity index (χ3v) is 5.76. The average Bonchev–Trinajstić information content (AvgIpc) is 2.76. The van der Waals surface area contributed by atoms with Crippen LogP contribution in [-0.4, -0.2) is 45.7 Å². The van der Waals surface area contributed by atoms with Gasteiger partial charge in [0.1, 0.15) is 17.2 Å². The highest BCUT2D eigenvalue weighted by atomic mass is 32.2. The van der Waals surface area contributed by atoms with Crippen molar-refractivity contribution in [2.75, 3.05) is 13.2 Å². The van der Waals surface area contributed by atoms with Crippen LogP contribution in [0.5, 0.6) is 5.75 Å². The van der Waals surface area contributed by atoms with Crippen LogP contribution in [0.4, 0.5) is 5.69 Å². The number of rotatable bonds is 3. The molecular formula is C16H18N2O6S. The van der Waals surface area contributed by atoms with Crippen molar-refractivity contribution in [2.45, 2.75) is 36.9 Å². The van der Waals surface area contributed by atoms with E-state index >= 15 is 0 Å². The summed E-state index contributed by atoms with van der Waals surface area (Å²) in [5, 5.41) is 10.6. The van der Waals surface area contributed by atoms with Crippen LogP contribution in [0.1, 0.15) is 31.7 Å². The molecule has 0 saturated carbocycles. The Balaban J connectivity index is 2.10. The van der Waals surface area contributed by atoms with Crippen LogP contribution in [0.15, 0.2) is 18.2 Å². The fraction of sp³-hybridized carbons (Fsp3) is 0.500. The van der Waals surface area contributed by atoms with E-state index in [2.05, 4.69) is 0 Å². The standard InChI is InChI=1S/C16H18N2O6S/c1-4-23-15(20)13-16(2,3)25-14-10-7-9(18(21)22)5-6-11(10)24-8-12(19)17(13)14/h5-7,13-14H,4,8H2,1-3H3/t13-,14+/m0/s1. The molecule has 1 saturated heterocycles. The lowest BCUT2D eigenvalue weighted by molar-refractivity contribution is -0.384. The predicted molar refractivity (Wildman–Crippen MR) is 90.3 cm³/mol. The molecular weight excluding hydrogens is 348 g/mol.